The van der Waals surface area contributed by atoms with E-state index in [0.29, 0.717) is 13.1 Å². The molecular weight excluding hydrogens is 216 g/mol. The van der Waals surface area contributed by atoms with Crippen molar-refractivity contribution in [2.75, 3.05) is 18.8 Å². The van der Waals surface area contributed by atoms with E-state index in [1.807, 2.05) is 0 Å². The molecule has 2 aliphatic rings. The molecule has 2 heterocycles. The van der Waals surface area contributed by atoms with E-state index in [4.69, 9.17) is 0 Å². The predicted molar refractivity (Wildman–Crippen MR) is 55.7 cm³/mol. The van der Waals surface area contributed by atoms with Crippen LogP contribution < -0.4 is 5.32 Å². The van der Waals surface area contributed by atoms with E-state index in [1.165, 1.54) is 4.31 Å². The fourth-order valence-corrected chi connectivity index (χ4v) is 3.80. The average Bonchev–Trinajstić information content (AvgIpc) is 2.60. The van der Waals surface area contributed by atoms with Gasteiger partial charge >= 0.3 is 0 Å². The minimum absolute atomic E-state index is 0.0102. The standard InChI is InChI=1S/C9H16N2O3S/c1-2-15(13,14)11-5-3-4-7-8(11)6-10-9(7)12/h7-8H,2-6H2,1H3,(H,10,12). The zero-order valence-electron chi connectivity index (χ0n) is 8.77. The average molecular weight is 232 g/mol. The Morgan fingerprint density at radius 2 is 2.27 bits per heavy atom. The SMILES string of the molecule is CCS(=O)(=O)N1CCCC2C(=O)NCC21. The first-order valence-electron chi connectivity index (χ1n) is 5.33. The first-order chi connectivity index (χ1) is 7.06. The van der Waals surface area contributed by atoms with Gasteiger partial charge in [-0.2, -0.15) is 4.31 Å². The van der Waals surface area contributed by atoms with Gasteiger partial charge < -0.3 is 5.32 Å². The van der Waals surface area contributed by atoms with Crippen molar-refractivity contribution in [3.8, 4) is 0 Å². The Bertz CT molecular complexity index is 366. The van der Waals surface area contributed by atoms with Gasteiger partial charge in [0.1, 0.15) is 0 Å². The van der Waals surface area contributed by atoms with Crippen LogP contribution in [0.5, 0.6) is 0 Å². The van der Waals surface area contributed by atoms with Crippen LogP contribution in [0.4, 0.5) is 0 Å². The zero-order valence-corrected chi connectivity index (χ0v) is 9.59. The molecule has 1 N–H and O–H groups in total. The second-order valence-corrected chi connectivity index (χ2v) is 6.28. The number of hydrogen-bond donors (Lipinski definition) is 1. The van der Waals surface area contributed by atoms with Gasteiger partial charge in [-0.1, -0.05) is 0 Å². The van der Waals surface area contributed by atoms with Gasteiger partial charge in [0.05, 0.1) is 17.7 Å². The largest absolute Gasteiger partial charge is 0.354 e. The van der Waals surface area contributed by atoms with Crippen molar-refractivity contribution >= 4 is 15.9 Å². The summed E-state index contributed by atoms with van der Waals surface area (Å²) < 4.78 is 25.1. The molecule has 5 nitrogen and oxygen atoms in total. The van der Waals surface area contributed by atoms with Gasteiger partial charge in [0.15, 0.2) is 0 Å². The highest BCUT2D eigenvalue weighted by Crippen LogP contribution is 2.29. The van der Waals surface area contributed by atoms with Gasteiger partial charge in [-0.25, -0.2) is 8.42 Å². The molecule has 0 aromatic carbocycles. The van der Waals surface area contributed by atoms with Crippen molar-refractivity contribution in [3.63, 3.8) is 0 Å². The molecule has 0 aromatic rings. The number of nitrogens with one attached hydrogen (secondary N) is 1. The van der Waals surface area contributed by atoms with E-state index in [0.717, 1.165) is 12.8 Å². The Balaban J connectivity index is 2.24. The van der Waals surface area contributed by atoms with Crippen LogP contribution in [-0.2, 0) is 14.8 Å². The van der Waals surface area contributed by atoms with Crippen LogP contribution in [0.2, 0.25) is 0 Å². The van der Waals surface area contributed by atoms with E-state index in [1.54, 1.807) is 6.92 Å². The summed E-state index contributed by atoms with van der Waals surface area (Å²) in [5.74, 6) is 0.000744. The van der Waals surface area contributed by atoms with E-state index in [9.17, 15) is 13.2 Å². The maximum absolute atomic E-state index is 11.8. The van der Waals surface area contributed by atoms with Crippen molar-refractivity contribution in [1.82, 2.24) is 9.62 Å². The van der Waals surface area contributed by atoms with Gasteiger partial charge in [-0.15, -0.1) is 0 Å². The molecule has 0 aliphatic carbocycles. The van der Waals surface area contributed by atoms with Crippen molar-refractivity contribution in [3.05, 3.63) is 0 Å². The monoisotopic (exact) mass is 232 g/mol. The predicted octanol–water partition coefficient (Wildman–Crippen LogP) is -0.453. The number of fused-ring (bicyclic) bond motifs is 1. The molecule has 0 aromatic heterocycles. The Morgan fingerprint density at radius 3 is 2.93 bits per heavy atom. The Hall–Kier alpha value is -0.620. The van der Waals surface area contributed by atoms with E-state index in [-0.39, 0.29) is 23.6 Å². The van der Waals surface area contributed by atoms with Crippen LogP contribution in [-0.4, -0.2) is 43.5 Å². The number of carbonyl (C=O) groups excluding carboxylic acids is 1. The molecule has 0 spiro atoms. The Morgan fingerprint density at radius 1 is 1.53 bits per heavy atom. The van der Waals surface area contributed by atoms with Gasteiger partial charge in [-0.05, 0) is 19.8 Å². The molecule has 15 heavy (non-hydrogen) atoms. The molecule has 2 fully saturated rings. The Kier molecular flexibility index (Phi) is 2.72. The summed E-state index contributed by atoms with van der Waals surface area (Å²) in [5.41, 5.74) is 0. The molecule has 2 saturated heterocycles. The van der Waals surface area contributed by atoms with Crippen molar-refractivity contribution in [2.45, 2.75) is 25.8 Å². The summed E-state index contributed by atoms with van der Waals surface area (Å²) >= 11 is 0. The lowest BCUT2D eigenvalue weighted by Gasteiger charge is -2.34. The minimum atomic E-state index is -3.16. The number of rotatable bonds is 2. The second kappa shape index (κ2) is 3.75. The van der Waals surface area contributed by atoms with Crippen LogP contribution in [0.3, 0.4) is 0 Å². The second-order valence-electron chi connectivity index (χ2n) is 4.07. The summed E-state index contributed by atoms with van der Waals surface area (Å²) in [6, 6.07) is -0.142. The molecule has 2 atom stereocenters. The van der Waals surface area contributed by atoms with Crippen molar-refractivity contribution in [1.29, 1.82) is 0 Å². The highest BCUT2D eigenvalue weighted by molar-refractivity contribution is 7.89. The Labute approximate surface area is 89.9 Å². The molecule has 0 radical (unpaired) electrons. The summed E-state index contributed by atoms with van der Waals surface area (Å²) in [5, 5.41) is 2.74. The maximum Gasteiger partial charge on any atom is 0.224 e. The van der Waals surface area contributed by atoms with Gasteiger partial charge in [-0.3, -0.25) is 4.79 Å². The topological polar surface area (TPSA) is 66.5 Å². The summed E-state index contributed by atoms with van der Waals surface area (Å²) in [6.45, 7) is 2.68. The fraction of sp³-hybridized carbons (Fsp3) is 0.889. The van der Waals surface area contributed by atoms with Gasteiger partial charge in [0.25, 0.3) is 0 Å². The van der Waals surface area contributed by atoms with E-state index >= 15 is 0 Å². The van der Waals surface area contributed by atoms with Crippen LogP contribution in [0.25, 0.3) is 0 Å². The lowest BCUT2D eigenvalue weighted by atomic mass is 9.93. The van der Waals surface area contributed by atoms with Crippen LogP contribution in [0.1, 0.15) is 19.8 Å². The molecule has 86 valence electrons. The third-order valence-corrected chi connectivity index (χ3v) is 5.17. The summed E-state index contributed by atoms with van der Waals surface area (Å²) in [7, 11) is -3.16. The van der Waals surface area contributed by atoms with Crippen LogP contribution in [0.15, 0.2) is 0 Å². The van der Waals surface area contributed by atoms with Gasteiger partial charge in [0.2, 0.25) is 15.9 Å². The van der Waals surface area contributed by atoms with Gasteiger partial charge in [0, 0.05) is 13.1 Å². The molecule has 2 rings (SSSR count). The molecule has 2 aliphatic heterocycles. The van der Waals surface area contributed by atoms with Crippen LogP contribution in [0, 0.1) is 5.92 Å². The number of nitrogens with zero attached hydrogens (tertiary/aromatic N) is 1. The number of piperidine rings is 1. The summed E-state index contributed by atoms with van der Waals surface area (Å²) in [4.78, 5) is 11.4. The van der Waals surface area contributed by atoms with Crippen LogP contribution >= 0.6 is 0 Å². The quantitative estimate of drug-likeness (QED) is 0.701. The lowest BCUT2D eigenvalue weighted by molar-refractivity contribution is -0.123. The number of amides is 1. The third-order valence-electron chi connectivity index (χ3n) is 3.27. The molecule has 1 amide bonds. The number of hydrogen-bond acceptors (Lipinski definition) is 3. The molecule has 2 unspecified atom stereocenters. The van der Waals surface area contributed by atoms with Crippen molar-refractivity contribution < 1.29 is 13.2 Å². The first kappa shape index (κ1) is 10.9. The third kappa shape index (κ3) is 1.76. The maximum atomic E-state index is 11.8. The van der Waals surface area contributed by atoms with Crippen molar-refractivity contribution in [2.24, 2.45) is 5.92 Å². The highest BCUT2D eigenvalue weighted by atomic mass is 32.2. The normalized spacial score (nSPS) is 32.5. The van der Waals surface area contributed by atoms with E-state index in [2.05, 4.69) is 5.32 Å². The summed E-state index contributed by atoms with van der Waals surface area (Å²) in [6.07, 6.45) is 1.60. The smallest absolute Gasteiger partial charge is 0.224 e. The zero-order chi connectivity index (χ0) is 11.1. The first-order valence-corrected chi connectivity index (χ1v) is 6.94. The number of carbonyl (C=O) groups is 1. The minimum Gasteiger partial charge on any atom is -0.354 e. The fourth-order valence-electron chi connectivity index (χ4n) is 2.42. The molecule has 0 bridgehead atoms. The molecule has 0 saturated carbocycles. The molecule has 6 heteroatoms. The lowest BCUT2D eigenvalue weighted by Crippen LogP contribution is -2.49. The van der Waals surface area contributed by atoms with E-state index < -0.39 is 10.0 Å². The molecular formula is C9H16N2O3S. The highest BCUT2D eigenvalue weighted by Gasteiger charge is 2.44. The number of sulfonamides is 1.